The number of benzene rings is 1. The van der Waals surface area contributed by atoms with Gasteiger partial charge in [-0.2, -0.15) is 5.10 Å². The maximum atomic E-state index is 12.4. The summed E-state index contributed by atoms with van der Waals surface area (Å²) in [6.45, 7) is 1.78. The zero-order valence-electron chi connectivity index (χ0n) is 13.0. The molecule has 2 aromatic heterocycles. The fourth-order valence-electron chi connectivity index (χ4n) is 2.23. The van der Waals surface area contributed by atoms with Gasteiger partial charge in [-0.1, -0.05) is 11.6 Å². The minimum atomic E-state index is -0.478. The molecule has 25 heavy (non-hydrogen) atoms. The number of nitro benzene ring substituents is 1. The summed E-state index contributed by atoms with van der Waals surface area (Å²) in [6, 6.07) is 10.6. The number of carbonyl (C=O) groups excluding carboxylic acids is 1. The highest BCUT2D eigenvalue weighted by Gasteiger charge is 2.14. The molecule has 0 bridgehead atoms. The summed E-state index contributed by atoms with van der Waals surface area (Å²) in [5, 5.41) is 18.0. The molecule has 3 aromatic rings. The van der Waals surface area contributed by atoms with Crippen molar-refractivity contribution in [1.29, 1.82) is 0 Å². The first-order valence-electron chi connectivity index (χ1n) is 7.18. The Bertz CT molecular complexity index is 953. The Balaban J connectivity index is 1.90. The van der Waals surface area contributed by atoms with Crippen LogP contribution in [-0.2, 0) is 0 Å². The first-order valence-corrected chi connectivity index (χ1v) is 7.56. The maximum absolute atomic E-state index is 12.4. The minimum Gasteiger partial charge on any atom is -0.306 e. The second kappa shape index (κ2) is 6.70. The molecule has 0 aliphatic rings. The van der Waals surface area contributed by atoms with Crippen LogP contribution in [0.3, 0.4) is 0 Å². The van der Waals surface area contributed by atoms with Crippen molar-refractivity contribution in [2.75, 3.05) is 5.32 Å². The number of hydrogen-bond donors (Lipinski definition) is 1. The summed E-state index contributed by atoms with van der Waals surface area (Å²) in [7, 11) is 0. The molecule has 2 heterocycles. The van der Waals surface area contributed by atoms with E-state index in [0.717, 1.165) is 0 Å². The molecular weight excluding hydrogens is 346 g/mol. The Kier molecular flexibility index (Phi) is 4.44. The number of non-ortho nitro benzene ring substituents is 1. The van der Waals surface area contributed by atoms with Crippen LogP contribution < -0.4 is 5.32 Å². The molecule has 9 heteroatoms. The lowest BCUT2D eigenvalue weighted by molar-refractivity contribution is -0.384. The van der Waals surface area contributed by atoms with Crippen LogP contribution in [0.5, 0.6) is 0 Å². The van der Waals surface area contributed by atoms with E-state index in [1.807, 2.05) is 0 Å². The molecule has 1 N–H and O–H groups in total. The van der Waals surface area contributed by atoms with Gasteiger partial charge in [0.05, 0.1) is 16.3 Å². The van der Waals surface area contributed by atoms with E-state index in [-0.39, 0.29) is 16.7 Å². The number of nitrogens with zero attached hydrogens (tertiary/aromatic N) is 4. The molecule has 8 nitrogen and oxygen atoms in total. The van der Waals surface area contributed by atoms with Crippen molar-refractivity contribution in [3.05, 3.63) is 75.2 Å². The van der Waals surface area contributed by atoms with Gasteiger partial charge >= 0.3 is 0 Å². The summed E-state index contributed by atoms with van der Waals surface area (Å²) in [6.07, 6.45) is 1.44. The molecule has 0 saturated heterocycles. The molecule has 0 aliphatic heterocycles. The van der Waals surface area contributed by atoms with Gasteiger partial charge in [0.2, 0.25) is 0 Å². The number of aryl methyl sites for hydroxylation is 1. The van der Waals surface area contributed by atoms with Crippen LogP contribution in [0.2, 0.25) is 5.15 Å². The topological polar surface area (TPSA) is 103 Å². The van der Waals surface area contributed by atoms with Gasteiger partial charge in [0, 0.05) is 30.0 Å². The molecule has 3 rings (SSSR count). The minimum absolute atomic E-state index is 0.0235. The molecule has 1 aromatic carbocycles. The number of anilines is 1. The van der Waals surface area contributed by atoms with Crippen LogP contribution in [0.15, 0.2) is 48.7 Å². The summed E-state index contributed by atoms with van der Waals surface area (Å²) in [5.74, 6) is 0.0663. The third kappa shape index (κ3) is 3.64. The normalized spacial score (nSPS) is 10.5. The summed E-state index contributed by atoms with van der Waals surface area (Å²) in [5.41, 5.74) is 1.60. The molecule has 0 atom stereocenters. The fourth-order valence-corrected chi connectivity index (χ4v) is 2.41. The van der Waals surface area contributed by atoms with Crippen molar-refractivity contribution >= 4 is 29.0 Å². The summed E-state index contributed by atoms with van der Waals surface area (Å²) < 4.78 is 1.50. The Hall–Kier alpha value is -3.26. The largest absolute Gasteiger partial charge is 0.306 e. The van der Waals surface area contributed by atoms with Gasteiger partial charge in [0.1, 0.15) is 11.0 Å². The van der Waals surface area contributed by atoms with E-state index in [2.05, 4.69) is 15.4 Å². The fraction of sp³-hybridized carbons (Fsp3) is 0.0625. The molecule has 0 unspecified atom stereocenters. The Labute approximate surface area is 147 Å². The highest BCUT2D eigenvalue weighted by molar-refractivity contribution is 6.29. The monoisotopic (exact) mass is 357 g/mol. The lowest BCUT2D eigenvalue weighted by Gasteiger charge is -2.09. The van der Waals surface area contributed by atoms with Crippen LogP contribution >= 0.6 is 11.6 Å². The van der Waals surface area contributed by atoms with Crippen molar-refractivity contribution in [2.24, 2.45) is 0 Å². The number of amides is 1. The first kappa shape index (κ1) is 16.6. The molecule has 0 aliphatic carbocycles. The molecular formula is C16H12ClN5O3. The predicted octanol–water partition coefficient (Wildman–Crippen LogP) is 3.39. The van der Waals surface area contributed by atoms with Crippen molar-refractivity contribution in [3.8, 4) is 5.69 Å². The summed E-state index contributed by atoms with van der Waals surface area (Å²) >= 11 is 5.80. The van der Waals surface area contributed by atoms with Crippen molar-refractivity contribution in [2.45, 2.75) is 6.92 Å². The third-order valence-electron chi connectivity index (χ3n) is 3.37. The quantitative estimate of drug-likeness (QED) is 0.438. The van der Waals surface area contributed by atoms with Crippen LogP contribution in [0.1, 0.15) is 16.1 Å². The lowest BCUT2D eigenvalue weighted by atomic mass is 10.2. The van der Waals surface area contributed by atoms with E-state index >= 15 is 0 Å². The predicted molar refractivity (Wildman–Crippen MR) is 92.2 cm³/mol. The maximum Gasteiger partial charge on any atom is 0.269 e. The Morgan fingerprint density at radius 3 is 2.60 bits per heavy atom. The van der Waals surface area contributed by atoms with Crippen LogP contribution in [0.25, 0.3) is 5.69 Å². The number of nitrogens with one attached hydrogen (secondary N) is 1. The zero-order chi connectivity index (χ0) is 18.0. The van der Waals surface area contributed by atoms with E-state index in [0.29, 0.717) is 22.8 Å². The second-order valence-electron chi connectivity index (χ2n) is 5.18. The molecule has 126 valence electrons. The molecule has 0 spiro atoms. The Morgan fingerprint density at radius 1 is 1.24 bits per heavy atom. The van der Waals surface area contributed by atoms with Gasteiger partial charge < -0.3 is 5.32 Å². The molecule has 1 amide bonds. The van der Waals surface area contributed by atoms with E-state index in [1.54, 1.807) is 31.2 Å². The van der Waals surface area contributed by atoms with Gasteiger partial charge in [0.15, 0.2) is 0 Å². The van der Waals surface area contributed by atoms with Gasteiger partial charge in [-0.25, -0.2) is 9.67 Å². The highest BCUT2D eigenvalue weighted by Crippen LogP contribution is 2.21. The zero-order valence-corrected chi connectivity index (χ0v) is 13.8. The van der Waals surface area contributed by atoms with Crippen LogP contribution in [-0.4, -0.2) is 25.6 Å². The van der Waals surface area contributed by atoms with Crippen LogP contribution in [0, 0.1) is 17.0 Å². The molecule has 0 fully saturated rings. The van der Waals surface area contributed by atoms with Gasteiger partial charge in [-0.15, -0.1) is 0 Å². The van der Waals surface area contributed by atoms with Gasteiger partial charge in [-0.05, 0) is 31.2 Å². The first-order chi connectivity index (χ1) is 11.9. The van der Waals surface area contributed by atoms with Crippen molar-refractivity contribution in [3.63, 3.8) is 0 Å². The van der Waals surface area contributed by atoms with Crippen molar-refractivity contribution < 1.29 is 9.72 Å². The molecule has 0 radical (unpaired) electrons. The van der Waals surface area contributed by atoms with E-state index < -0.39 is 4.92 Å². The lowest BCUT2D eigenvalue weighted by Crippen LogP contribution is -2.15. The van der Waals surface area contributed by atoms with Crippen LogP contribution in [0.4, 0.5) is 11.5 Å². The molecule has 0 saturated carbocycles. The Morgan fingerprint density at radius 2 is 1.96 bits per heavy atom. The standard InChI is InChI=1S/C16H12ClN5O3/c1-10-8-15(19-16(23)11-6-7-18-14(17)9-11)21(20-10)12-2-4-13(5-3-12)22(24)25/h2-9H,1H3,(H,19,23). The average Bonchev–Trinajstić information content (AvgIpc) is 2.95. The second-order valence-corrected chi connectivity index (χ2v) is 5.56. The number of carbonyl (C=O) groups is 1. The number of pyridine rings is 1. The van der Waals surface area contributed by atoms with E-state index in [1.165, 1.54) is 29.1 Å². The van der Waals surface area contributed by atoms with Gasteiger partial charge in [-0.3, -0.25) is 14.9 Å². The average molecular weight is 358 g/mol. The number of nitro groups is 1. The van der Waals surface area contributed by atoms with Gasteiger partial charge in [0.25, 0.3) is 11.6 Å². The number of aromatic nitrogens is 3. The van der Waals surface area contributed by atoms with Crippen molar-refractivity contribution in [1.82, 2.24) is 14.8 Å². The smallest absolute Gasteiger partial charge is 0.269 e. The number of halogens is 1. The third-order valence-corrected chi connectivity index (χ3v) is 3.57. The highest BCUT2D eigenvalue weighted by atomic mass is 35.5. The summed E-state index contributed by atoms with van der Waals surface area (Å²) in [4.78, 5) is 26.5. The number of rotatable bonds is 4. The number of hydrogen-bond acceptors (Lipinski definition) is 5. The SMILES string of the molecule is Cc1cc(NC(=O)c2ccnc(Cl)c2)n(-c2ccc([N+](=O)[O-])cc2)n1. The van der Waals surface area contributed by atoms with E-state index in [4.69, 9.17) is 11.6 Å². The van der Waals surface area contributed by atoms with E-state index in [9.17, 15) is 14.9 Å².